The Kier molecular flexibility index (Phi) is 6.21. The zero-order valence-corrected chi connectivity index (χ0v) is 14.6. The molecule has 10 heteroatoms. The number of carbonyl (C=O) groups is 2. The molecule has 138 valence electrons. The van der Waals surface area contributed by atoms with E-state index in [1.165, 1.54) is 29.6 Å². The predicted molar refractivity (Wildman–Crippen MR) is 90.3 cm³/mol. The highest BCUT2D eigenvalue weighted by atomic mass is 32.2. The van der Waals surface area contributed by atoms with E-state index in [0.29, 0.717) is 18.8 Å². The van der Waals surface area contributed by atoms with Crippen LogP contribution in [0.1, 0.15) is 19.3 Å². The second kappa shape index (κ2) is 8.17. The van der Waals surface area contributed by atoms with E-state index < -0.39 is 22.0 Å². The quantitative estimate of drug-likeness (QED) is 0.658. The smallest absolute Gasteiger partial charge is 0.319 e. The third kappa shape index (κ3) is 4.83. The number of anilines is 1. The lowest BCUT2D eigenvalue weighted by atomic mass is 10.3. The number of hydrogen-bond donors (Lipinski definition) is 3. The molecule has 0 saturated carbocycles. The number of rotatable bonds is 7. The largest absolute Gasteiger partial charge is 0.495 e. The van der Waals surface area contributed by atoms with E-state index in [-0.39, 0.29) is 23.6 Å². The van der Waals surface area contributed by atoms with E-state index in [9.17, 15) is 18.0 Å². The molecule has 1 aromatic carbocycles. The van der Waals surface area contributed by atoms with Gasteiger partial charge in [-0.05, 0) is 25.0 Å². The van der Waals surface area contributed by atoms with Gasteiger partial charge in [-0.2, -0.15) is 4.31 Å². The number of nitrogens with zero attached hydrogens (tertiary/aromatic N) is 1. The number of sulfonamides is 1. The molecule has 0 unspecified atom stereocenters. The van der Waals surface area contributed by atoms with Gasteiger partial charge in [0.25, 0.3) is 0 Å². The van der Waals surface area contributed by atoms with Crippen molar-refractivity contribution < 1.29 is 27.9 Å². The molecule has 0 bridgehead atoms. The number of carbonyl (C=O) groups excluding carboxylic acids is 1. The average molecular weight is 371 g/mol. The Morgan fingerprint density at radius 2 is 1.96 bits per heavy atom. The topological polar surface area (TPSA) is 125 Å². The number of ether oxygens (including phenoxy) is 1. The van der Waals surface area contributed by atoms with Gasteiger partial charge in [-0.25, -0.2) is 13.2 Å². The molecule has 3 N–H and O–H groups in total. The molecule has 9 nitrogen and oxygen atoms in total. The molecule has 2 amide bonds. The van der Waals surface area contributed by atoms with Crippen molar-refractivity contribution in [1.29, 1.82) is 0 Å². The molecular weight excluding hydrogens is 350 g/mol. The molecule has 0 aromatic heterocycles. The SMILES string of the molecule is COc1cc(NC(=O)NCCC(=O)O)ccc1S(=O)(=O)N1CCCC1. The molecule has 1 aromatic rings. The van der Waals surface area contributed by atoms with Crippen molar-refractivity contribution in [3.05, 3.63) is 18.2 Å². The second-order valence-corrected chi connectivity index (χ2v) is 7.41. The lowest BCUT2D eigenvalue weighted by Gasteiger charge is -2.18. The third-order valence-corrected chi connectivity index (χ3v) is 5.67. The first-order chi connectivity index (χ1) is 11.8. The van der Waals surface area contributed by atoms with Crippen LogP contribution in [0.5, 0.6) is 5.75 Å². The summed E-state index contributed by atoms with van der Waals surface area (Å²) in [6.07, 6.45) is 1.47. The van der Waals surface area contributed by atoms with Gasteiger partial charge >= 0.3 is 12.0 Å². The van der Waals surface area contributed by atoms with Crippen LogP contribution in [0.4, 0.5) is 10.5 Å². The summed E-state index contributed by atoms with van der Waals surface area (Å²) in [6.45, 7) is 0.953. The maximum atomic E-state index is 12.6. The van der Waals surface area contributed by atoms with E-state index in [1.807, 2.05) is 0 Å². The summed E-state index contributed by atoms with van der Waals surface area (Å²) in [5.41, 5.74) is 0.338. The molecule has 0 radical (unpaired) electrons. The van der Waals surface area contributed by atoms with E-state index in [2.05, 4.69) is 10.6 Å². The van der Waals surface area contributed by atoms with Gasteiger partial charge in [-0.1, -0.05) is 0 Å². The lowest BCUT2D eigenvalue weighted by Crippen LogP contribution is -2.30. The van der Waals surface area contributed by atoms with Crippen LogP contribution >= 0.6 is 0 Å². The van der Waals surface area contributed by atoms with Gasteiger partial charge in [-0.3, -0.25) is 4.79 Å². The average Bonchev–Trinajstić information content (AvgIpc) is 3.09. The highest BCUT2D eigenvalue weighted by Crippen LogP contribution is 2.31. The fraction of sp³-hybridized carbons (Fsp3) is 0.467. The fourth-order valence-corrected chi connectivity index (χ4v) is 4.14. The molecule has 1 fully saturated rings. The van der Waals surface area contributed by atoms with E-state index >= 15 is 0 Å². The number of methoxy groups -OCH3 is 1. The van der Waals surface area contributed by atoms with Crippen LogP contribution in [0.25, 0.3) is 0 Å². The molecule has 1 heterocycles. The Morgan fingerprint density at radius 3 is 2.56 bits per heavy atom. The van der Waals surface area contributed by atoms with Crippen LogP contribution in [0.2, 0.25) is 0 Å². The number of carboxylic acids is 1. The Labute approximate surface area is 146 Å². The summed E-state index contributed by atoms with van der Waals surface area (Å²) in [5, 5.41) is 13.4. The minimum Gasteiger partial charge on any atom is -0.495 e. The van der Waals surface area contributed by atoms with Gasteiger partial charge in [0.15, 0.2) is 0 Å². The molecule has 1 saturated heterocycles. The number of urea groups is 1. The van der Waals surface area contributed by atoms with Gasteiger partial charge in [0, 0.05) is 31.4 Å². The number of aliphatic carboxylic acids is 1. The Morgan fingerprint density at radius 1 is 1.28 bits per heavy atom. The zero-order chi connectivity index (χ0) is 18.4. The summed E-state index contributed by atoms with van der Waals surface area (Å²) in [5.74, 6) is -0.881. The van der Waals surface area contributed by atoms with Crippen LogP contribution in [0.15, 0.2) is 23.1 Å². The highest BCUT2D eigenvalue weighted by Gasteiger charge is 2.30. The van der Waals surface area contributed by atoms with E-state index in [1.54, 1.807) is 0 Å². The van der Waals surface area contributed by atoms with Gasteiger partial charge in [0.2, 0.25) is 10.0 Å². The van der Waals surface area contributed by atoms with Crippen molar-refractivity contribution in [1.82, 2.24) is 9.62 Å². The fourth-order valence-electron chi connectivity index (χ4n) is 2.48. The molecule has 2 rings (SSSR count). The standard InChI is InChI=1S/C15H21N3O6S/c1-24-12-10-11(17-15(21)16-7-6-14(19)20)4-5-13(12)25(22,23)18-8-2-3-9-18/h4-5,10H,2-3,6-9H2,1H3,(H,19,20)(H2,16,17,21). The number of benzene rings is 1. The summed E-state index contributed by atoms with van der Waals surface area (Å²) in [7, 11) is -2.28. The molecule has 0 atom stereocenters. The molecular formula is C15H21N3O6S. The first-order valence-electron chi connectivity index (χ1n) is 7.79. The van der Waals surface area contributed by atoms with Gasteiger partial charge in [-0.15, -0.1) is 0 Å². The summed E-state index contributed by atoms with van der Waals surface area (Å²) in [4.78, 5) is 22.2. The summed E-state index contributed by atoms with van der Waals surface area (Å²) >= 11 is 0. The van der Waals surface area contributed by atoms with Gasteiger partial charge < -0.3 is 20.5 Å². The lowest BCUT2D eigenvalue weighted by molar-refractivity contribution is -0.136. The summed E-state index contributed by atoms with van der Waals surface area (Å²) in [6, 6.07) is 3.68. The number of hydrogen-bond acceptors (Lipinski definition) is 5. The number of carboxylic acid groups (broad SMARTS) is 1. The Hall–Kier alpha value is -2.33. The van der Waals surface area contributed by atoms with Crippen molar-refractivity contribution in [2.45, 2.75) is 24.2 Å². The molecule has 1 aliphatic heterocycles. The van der Waals surface area contributed by atoms with Crippen LogP contribution in [-0.4, -0.2) is 56.6 Å². The van der Waals surface area contributed by atoms with Crippen LogP contribution in [0, 0.1) is 0 Å². The highest BCUT2D eigenvalue weighted by molar-refractivity contribution is 7.89. The molecule has 0 aliphatic carbocycles. The Bertz CT molecular complexity index is 744. The van der Waals surface area contributed by atoms with Crippen molar-refractivity contribution in [2.24, 2.45) is 0 Å². The predicted octanol–water partition coefficient (Wildman–Crippen LogP) is 1.08. The first kappa shape index (κ1) is 19.0. The molecule has 1 aliphatic rings. The van der Waals surface area contributed by atoms with Gasteiger partial charge in [0.1, 0.15) is 10.6 Å². The van der Waals surface area contributed by atoms with Crippen molar-refractivity contribution in [3.8, 4) is 5.75 Å². The van der Waals surface area contributed by atoms with Gasteiger partial charge in [0.05, 0.1) is 13.5 Å². The zero-order valence-electron chi connectivity index (χ0n) is 13.8. The molecule has 0 spiro atoms. The first-order valence-corrected chi connectivity index (χ1v) is 9.23. The van der Waals surface area contributed by atoms with Crippen molar-refractivity contribution >= 4 is 27.7 Å². The minimum absolute atomic E-state index is 0.0142. The second-order valence-electron chi connectivity index (χ2n) is 5.50. The van der Waals surface area contributed by atoms with Crippen LogP contribution in [0.3, 0.4) is 0 Å². The monoisotopic (exact) mass is 371 g/mol. The molecule has 25 heavy (non-hydrogen) atoms. The van der Waals surface area contributed by atoms with Crippen LogP contribution < -0.4 is 15.4 Å². The minimum atomic E-state index is -3.64. The maximum Gasteiger partial charge on any atom is 0.319 e. The maximum absolute atomic E-state index is 12.6. The van der Waals surface area contributed by atoms with E-state index in [4.69, 9.17) is 9.84 Å². The van der Waals surface area contributed by atoms with E-state index in [0.717, 1.165) is 12.8 Å². The summed E-state index contributed by atoms with van der Waals surface area (Å²) < 4.78 is 31.9. The van der Waals surface area contributed by atoms with Crippen molar-refractivity contribution in [3.63, 3.8) is 0 Å². The Balaban J connectivity index is 2.11. The normalized spacial score (nSPS) is 14.9. The van der Waals surface area contributed by atoms with Crippen molar-refractivity contribution in [2.75, 3.05) is 32.1 Å². The third-order valence-electron chi connectivity index (χ3n) is 3.73. The number of amides is 2. The number of nitrogens with one attached hydrogen (secondary N) is 2. The van der Waals surface area contributed by atoms with Crippen LogP contribution in [-0.2, 0) is 14.8 Å².